The number of benzene rings is 5. The number of carbonyl (C=O) groups excluding carboxylic acids is 2. The Kier molecular flexibility index (Phi) is 16.7. The highest BCUT2D eigenvalue weighted by Gasteiger charge is 2.33. The van der Waals surface area contributed by atoms with Crippen LogP contribution in [0.3, 0.4) is 0 Å². The maximum atomic E-state index is 18.0. The van der Waals surface area contributed by atoms with Crippen LogP contribution in [-0.2, 0) is 16.1 Å². The molecule has 456 valence electrons. The number of aromatic nitrogens is 6. The summed E-state index contributed by atoms with van der Waals surface area (Å²) in [6, 6.07) is 22.2. The maximum Gasteiger partial charge on any atom is 0.246 e. The SMILES string of the molecule is C=CC(=O)N1CCN(c2c(C#N)c(-c3cccc(C(C)N(C)C)c3)nc3c(F)c(-c4ccc(F)c5sc(NN(C)CCn6nccc6-c6nc7c(F)c(-c8ccc(F)c9sc(N)nc89)c(Cl)cc7c(N7CCN(C(=O)C=C)CC7)c6C#N)nc45)c(Cl)cc23)CC1. The molecule has 5 aromatic heterocycles. The van der Waals surface area contributed by atoms with Crippen molar-refractivity contribution in [1.82, 2.24) is 49.4 Å². The largest absolute Gasteiger partial charge is 0.375 e. The molecule has 0 spiro atoms. The van der Waals surface area contributed by atoms with E-state index in [1.165, 1.54) is 48.7 Å². The van der Waals surface area contributed by atoms with Crippen molar-refractivity contribution >= 4 is 122 Å². The molecule has 2 aliphatic heterocycles. The smallest absolute Gasteiger partial charge is 0.246 e. The maximum absolute atomic E-state index is 18.0. The Morgan fingerprint density at radius 2 is 1.23 bits per heavy atom. The van der Waals surface area contributed by atoms with Gasteiger partial charge in [0.05, 0.1) is 59.8 Å². The topological polar surface area (TPSA) is 209 Å². The number of pyridine rings is 2. The van der Waals surface area contributed by atoms with Crippen molar-refractivity contribution < 1.29 is 27.2 Å². The molecule has 12 rings (SSSR count). The number of fused-ring (bicyclic) bond motifs is 4. The van der Waals surface area contributed by atoms with Gasteiger partial charge in [-0.3, -0.25) is 19.7 Å². The fraction of sp³-hybridized carbons (Fsp3) is 0.234. The molecule has 26 heteroatoms. The van der Waals surface area contributed by atoms with Gasteiger partial charge in [0.25, 0.3) is 0 Å². The number of hydrazine groups is 1. The molecule has 2 aliphatic rings. The number of amides is 2. The lowest BCUT2D eigenvalue weighted by Crippen LogP contribution is -2.48. The number of halogens is 6. The van der Waals surface area contributed by atoms with Crippen molar-refractivity contribution in [3.63, 3.8) is 0 Å². The average molecular weight is 1290 g/mol. The lowest BCUT2D eigenvalue weighted by atomic mass is 9.95. The normalized spacial score (nSPS) is 14.1. The minimum Gasteiger partial charge on any atom is -0.375 e. The number of nitriles is 2. The van der Waals surface area contributed by atoms with Crippen LogP contribution in [0.25, 0.3) is 87.1 Å². The summed E-state index contributed by atoms with van der Waals surface area (Å²) in [5.74, 6) is -3.36. The first-order valence-corrected chi connectivity index (χ1v) is 30.8. The van der Waals surface area contributed by atoms with E-state index in [1.807, 2.05) is 60.0 Å². The molecule has 10 aromatic rings. The molecular weight excluding hydrogens is 1240 g/mol. The van der Waals surface area contributed by atoms with E-state index in [-0.39, 0.29) is 164 Å². The highest BCUT2D eigenvalue weighted by molar-refractivity contribution is 7.22. The fourth-order valence-corrected chi connectivity index (χ4v) is 14.1. The zero-order valence-electron chi connectivity index (χ0n) is 48.9. The van der Waals surface area contributed by atoms with E-state index < -0.39 is 23.3 Å². The number of anilines is 4. The standard InChI is InChI=1S/C64H54Cl2F4N16O2S2/c1-7-47(87)82-19-23-84(24-20-82)59-38-29-43(66)50(51(69)55(38)75-53(40(59)31-71)35-11-9-10-34(28-35)33(3)80(4)5)37-13-15-45(68)62-58(37)78-64(90-62)79-81(6)18-27-86-46(16-17-74-86)54-41(32-72)60(85-25-21-83(22-26-85)48(88)8-2)39-30-42(65)49(52(70)56(39)76-54)36-12-14-44(67)61-57(36)77-63(73)89-61/h7-17,28-30,33H,1-2,18-27H2,3-6H3,(H2,73,77)(H,78,79). The molecule has 0 aliphatic carbocycles. The zero-order chi connectivity index (χ0) is 63.6. The molecule has 0 bridgehead atoms. The van der Waals surface area contributed by atoms with E-state index >= 15 is 17.6 Å². The molecule has 5 aromatic carbocycles. The predicted molar refractivity (Wildman–Crippen MR) is 347 cm³/mol. The molecule has 7 heterocycles. The van der Waals surface area contributed by atoms with E-state index in [1.54, 1.807) is 38.7 Å². The number of nitrogens with one attached hydrogen (secondary N) is 1. The first kappa shape index (κ1) is 61.0. The predicted octanol–water partition coefficient (Wildman–Crippen LogP) is 12.3. The second-order valence-electron chi connectivity index (χ2n) is 21.9. The number of nitrogens with two attached hydrogens (primary N) is 1. The molecular formula is C64H54Cl2F4N16O2S2. The van der Waals surface area contributed by atoms with Crippen LogP contribution in [0.2, 0.25) is 10.0 Å². The third-order valence-electron chi connectivity index (χ3n) is 16.5. The number of nitrogen functional groups attached to an aromatic ring is 1. The molecule has 90 heavy (non-hydrogen) atoms. The van der Waals surface area contributed by atoms with Crippen LogP contribution < -0.4 is 21.0 Å². The van der Waals surface area contributed by atoms with E-state index in [0.717, 1.165) is 28.2 Å². The molecule has 18 nitrogen and oxygen atoms in total. The Labute approximate surface area is 531 Å². The number of nitrogens with zero attached hydrogens (tertiary/aromatic N) is 14. The first-order chi connectivity index (χ1) is 43.3. The highest BCUT2D eigenvalue weighted by Crippen LogP contribution is 2.48. The van der Waals surface area contributed by atoms with Gasteiger partial charge >= 0.3 is 0 Å². The minimum absolute atomic E-state index is 0.0151. The van der Waals surface area contributed by atoms with Gasteiger partial charge in [0, 0.05) is 117 Å². The average Bonchev–Trinajstić information content (AvgIpc) is 0.941. The van der Waals surface area contributed by atoms with E-state index in [2.05, 4.69) is 40.8 Å². The van der Waals surface area contributed by atoms with E-state index in [0.29, 0.717) is 48.8 Å². The van der Waals surface area contributed by atoms with Gasteiger partial charge in [-0.25, -0.2) is 42.5 Å². The number of carbonyl (C=O) groups is 2. The minimum atomic E-state index is -0.855. The Hall–Kier alpha value is -9.27. The third kappa shape index (κ3) is 10.8. The monoisotopic (exact) mass is 1290 g/mol. The number of hydrogen-bond donors (Lipinski definition) is 2. The number of piperazine rings is 2. The first-order valence-electron chi connectivity index (χ1n) is 28.4. The van der Waals surface area contributed by atoms with Gasteiger partial charge in [-0.05, 0) is 87.3 Å². The summed E-state index contributed by atoms with van der Waals surface area (Å²) in [4.78, 5) is 53.4. The van der Waals surface area contributed by atoms with Crippen LogP contribution in [0.15, 0.2) is 98.2 Å². The lowest BCUT2D eigenvalue weighted by Gasteiger charge is -2.37. The van der Waals surface area contributed by atoms with Crippen molar-refractivity contribution in [1.29, 1.82) is 10.5 Å². The summed E-state index contributed by atoms with van der Waals surface area (Å²) < 4.78 is 68.6. The summed E-state index contributed by atoms with van der Waals surface area (Å²) in [5, 5.41) is 29.1. The molecule has 0 saturated carbocycles. The van der Waals surface area contributed by atoms with E-state index in [4.69, 9.17) is 43.9 Å². The second kappa shape index (κ2) is 24.6. The van der Waals surface area contributed by atoms with Crippen LogP contribution in [0.1, 0.15) is 29.7 Å². The van der Waals surface area contributed by atoms with Crippen molar-refractivity contribution in [3.8, 4) is 57.0 Å². The Morgan fingerprint density at radius 3 is 1.77 bits per heavy atom. The molecule has 1 unspecified atom stereocenters. The van der Waals surface area contributed by atoms with Crippen LogP contribution in [0.5, 0.6) is 0 Å². The van der Waals surface area contributed by atoms with Gasteiger partial charge < -0.3 is 30.2 Å². The van der Waals surface area contributed by atoms with Crippen molar-refractivity contribution in [2.24, 2.45) is 0 Å². The van der Waals surface area contributed by atoms with Crippen LogP contribution in [0.4, 0.5) is 39.2 Å². The zero-order valence-corrected chi connectivity index (χ0v) is 52.0. The van der Waals surface area contributed by atoms with Gasteiger partial charge in [-0.1, -0.05) is 77.2 Å². The highest BCUT2D eigenvalue weighted by atomic mass is 35.5. The van der Waals surface area contributed by atoms with Crippen molar-refractivity contribution in [2.75, 3.05) is 101 Å². The number of thiazole rings is 2. The van der Waals surface area contributed by atoms with Crippen LogP contribution >= 0.6 is 45.9 Å². The Bertz CT molecular complexity index is 4720. The summed E-state index contributed by atoms with van der Waals surface area (Å²) >= 11 is 16.1. The van der Waals surface area contributed by atoms with Gasteiger partial charge in [0.15, 0.2) is 21.9 Å². The quantitative estimate of drug-likeness (QED) is 0.0556. The molecule has 2 fully saturated rings. The van der Waals surface area contributed by atoms with Crippen LogP contribution in [0, 0.1) is 45.9 Å². The Morgan fingerprint density at radius 1 is 0.711 bits per heavy atom. The molecule has 1 atom stereocenters. The van der Waals surface area contributed by atoms with Crippen molar-refractivity contribution in [2.45, 2.75) is 19.5 Å². The molecule has 2 saturated heterocycles. The fourth-order valence-electron chi connectivity index (χ4n) is 11.8. The molecule has 3 N–H and O–H groups in total. The number of likely N-dealkylation sites (N-methyl/N-ethyl adjacent to an activating group) is 1. The number of rotatable bonds is 15. The van der Waals surface area contributed by atoms with E-state index in [9.17, 15) is 20.1 Å². The van der Waals surface area contributed by atoms with Gasteiger partial charge in [-0.2, -0.15) is 15.6 Å². The number of hydrogen-bond acceptors (Lipinski definition) is 17. The van der Waals surface area contributed by atoms with Gasteiger partial charge in [-0.15, -0.1) is 0 Å². The molecule has 2 amide bonds. The van der Waals surface area contributed by atoms with Crippen LogP contribution in [-0.4, -0.2) is 141 Å². The van der Waals surface area contributed by atoms with Gasteiger partial charge in [0.1, 0.15) is 51.6 Å². The summed E-state index contributed by atoms with van der Waals surface area (Å²) in [5.41, 5.74) is 12.7. The summed E-state index contributed by atoms with van der Waals surface area (Å²) in [6.07, 6.45) is 4.01. The van der Waals surface area contributed by atoms with Gasteiger partial charge in [0.2, 0.25) is 11.8 Å². The molecule has 0 radical (unpaired) electrons. The lowest BCUT2D eigenvalue weighted by molar-refractivity contribution is -0.127. The third-order valence-corrected chi connectivity index (χ3v) is 19.0. The summed E-state index contributed by atoms with van der Waals surface area (Å²) in [6.45, 7) is 12.0. The Balaban J connectivity index is 0.889. The van der Waals surface area contributed by atoms with Crippen molar-refractivity contribution in [3.05, 3.63) is 148 Å². The second-order valence-corrected chi connectivity index (χ2v) is 24.7. The summed E-state index contributed by atoms with van der Waals surface area (Å²) in [7, 11) is 5.64.